The Hall–Kier alpha value is -1.74. The molecule has 20 heavy (non-hydrogen) atoms. The topological polar surface area (TPSA) is 17.1 Å². The van der Waals surface area contributed by atoms with Crippen LogP contribution < -0.4 is 0 Å². The second-order valence-electron chi connectivity index (χ2n) is 3.60. The minimum atomic E-state index is -6.69. The van der Waals surface area contributed by atoms with Crippen LogP contribution >= 0.6 is 0 Å². The van der Waals surface area contributed by atoms with Crippen LogP contribution in [0.3, 0.4) is 0 Å². The number of benzene rings is 1. The molecule has 0 aromatic heterocycles. The molecule has 10 heteroatoms. The van der Waals surface area contributed by atoms with Crippen LogP contribution in [0.1, 0.15) is 10.4 Å². The summed E-state index contributed by atoms with van der Waals surface area (Å²) in [6.07, 6.45) is -6.69. The monoisotopic (exact) mass is 310 g/mol. The quantitative estimate of drug-likeness (QED) is 0.609. The molecule has 1 aromatic rings. The van der Waals surface area contributed by atoms with Gasteiger partial charge >= 0.3 is 18.0 Å². The van der Waals surface area contributed by atoms with Crippen LogP contribution in [0.4, 0.5) is 39.5 Å². The molecule has 0 aliphatic rings. The fraction of sp³-hybridized carbons (Fsp3) is 0.300. The van der Waals surface area contributed by atoms with Gasteiger partial charge < -0.3 is 0 Å². The highest BCUT2D eigenvalue weighted by molar-refractivity contribution is 6.02. The summed E-state index contributed by atoms with van der Waals surface area (Å²) in [5.74, 6) is -19.2. The van der Waals surface area contributed by atoms with Crippen LogP contribution in [-0.2, 0) is 0 Å². The summed E-state index contributed by atoms with van der Waals surface area (Å²) in [5, 5.41) is 0. The maximum atomic E-state index is 13.0. The normalized spacial score (nSPS) is 13.4. The Morgan fingerprint density at radius 3 is 1.75 bits per heavy atom. The van der Waals surface area contributed by atoms with E-state index in [1.54, 1.807) is 0 Å². The Morgan fingerprint density at radius 2 is 1.35 bits per heavy atom. The predicted octanol–water partition coefficient (Wildman–Crippen LogP) is 3.98. The van der Waals surface area contributed by atoms with Gasteiger partial charge in [-0.2, -0.15) is 30.7 Å². The molecular weight excluding hydrogens is 307 g/mol. The Morgan fingerprint density at radius 1 is 0.850 bits per heavy atom. The van der Waals surface area contributed by atoms with Crippen molar-refractivity contribution in [2.45, 2.75) is 18.0 Å². The highest BCUT2D eigenvalue weighted by atomic mass is 19.4. The molecule has 0 heterocycles. The standard InChI is InChI=1S/C10H3F9O/c11-5-2-1-4(3-6(5)12)7(20)8(13,14)9(15,16)10(17,18)19/h1-3H. The van der Waals surface area contributed by atoms with E-state index in [1.165, 1.54) is 0 Å². The van der Waals surface area contributed by atoms with Crippen molar-refractivity contribution in [2.75, 3.05) is 0 Å². The zero-order chi connectivity index (χ0) is 15.9. The van der Waals surface area contributed by atoms with Gasteiger partial charge in [0.1, 0.15) is 0 Å². The minimum absolute atomic E-state index is 0.143. The van der Waals surface area contributed by atoms with Gasteiger partial charge in [-0.05, 0) is 18.2 Å². The maximum absolute atomic E-state index is 13.0. The summed E-state index contributed by atoms with van der Waals surface area (Å²) in [4.78, 5) is 11.0. The number of halogens is 9. The van der Waals surface area contributed by atoms with Crippen molar-refractivity contribution in [3.05, 3.63) is 35.4 Å². The molecule has 112 valence electrons. The summed E-state index contributed by atoms with van der Waals surface area (Å²) in [6.45, 7) is 0. The van der Waals surface area contributed by atoms with Gasteiger partial charge in [0.15, 0.2) is 11.6 Å². The molecule has 0 radical (unpaired) electrons. The highest BCUT2D eigenvalue weighted by Gasteiger charge is 2.76. The summed E-state index contributed by atoms with van der Waals surface area (Å²) < 4.78 is 112. The number of carbonyl (C=O) groups is 1. The largest absolute Gasteiger partial charge is 0.460 e. The molecular formula is C10H3F9O. The second kappa shape index (κ2) is 4.67. The molecule has 0 fully saturated rings. The van der Waals surface area contributed by atoms with Crippen LogP contribution in [0, 0.1) is 11.6 Å². The maximum Gasteiger partial charge on any atom is 0.460 e. The van der Waals surface area contributed by atoms with Gasteiger partial charge in [0.25, 0.3) is 0 Å². The first-order valence-electron chi connectivity index (χ1n) is 4.64. The van der Waals surface area contributed by atoms with Crippen LogP contribution in [0.15, 0.2) is 18.2 Å². The summed E-state index contributed by atoms with van der Waals surface area (Å²) >= 11 is 0. The van der Waals surface area contributed by atoms with E-state index in [-0.39, 0.29) is 18.2 Å². The Kier molecular flexibility index (Phi) is 3.81. The van der Waals surface area contributed by atoms with E-state index in [0.717, 1.165) is 0 Å². The van der Waals surface area contributed by atoms with E-state index >= 15 is 0 Å². The Bertz CT molecular complexity index is 532. The van der Waals surface area contributed by atoms with Gasteiger partial charge in [-0.1, -0.05) is 0 Å². The lowest BCUT2D eigenvalue weighted by Crippen LogP contribution is -2.56. The first kappa shape index (κ1) is 16.3. The van der Waals surface area contributed by atoms with E-state index < -0.39 is 41.0 Å². The fourth-order valence-electron chi connectivity index (χ4n) is 1.14. The average Bonchev–Trinajstić information content (AvgIpc) is 2.30. The Labute approximate surface area is 105 Å². The van der Waals surface area contributed by atoms with Gasteiger partial charge in [0.05, 0.1) is 0 Å². The molecule has 0 saturated heterocycles. The first-order valence-corrected chi connectivity index (χ1v) is 4.64. The van der Waals surface area contributed by atoms with E-state index in [4.69, 9.17) is 0 Å². The van der Waals surface area contributed by atoms with Crippen molar-refractivity contribution < 1.29 is 44.3 Å². The zero-order valence-corrected chi connectivity index (χ0v) is 9.04. The number of rotatable bonds is 3. The molecule has 0 N–H and O–H groups in total. The van der Waals surface area contributed by atoms with Crippen LogP contribution in [0.25, 0.3) is 0 Å². The molecule has 0 aliphatic heterocycles. The van der Waals surface area contributed by atoms with Gasteiger partial charge in [0.2, 0.25) is 5.78 Å². The van der Waals surface area contributed by atoms with E-state index in [0.29, 0.717) is 0 Å². The van der Waals surface area contributed by atoms with Gasteiger partial charge in [0, 0.05) is 5.56 Å². The summed E-state index contributed by atoms with van der Waals surface area (Å²) in [5.41, 5.74) is -1.52. The summed E-state index contributed by atoms with van der Waals surface area (Å²) in [7, 11) is 0. The number of alkyl halides is 7. The molecule has 1 aromatic carbocycles. The number of ketones is 1. The number of hydrogen-bond acceptors (Lipinski definition) is 1. The molecule has 0 saturated carbocycles. The van der Waals surface area contributed by atoms with Crippen molar-refractivity contribution in [2.24, 2.45) is 0 Å². The van der Waals surface area contributed by atoms with Crippen LogP contribution in [0.5, 0.6) is 0 Å². The van der Waals surface area contributed by atoms with E-state index in [9.17, 15) is 44.3 Å². The van der Waals surface area contributed by atoms with Crippen molar-refractivity contribution in [1.29, 1.82) is 0 Å². The number of Topliss-reactive ketones (excluding diaryl/α,β-unsaturated/α-hetero) is 1. The average molecular weight is 310 g/mol. The smallest absolute Gasteiger partial charge is 0.287 e. The lowest BCUT2D eigenvalue weighted by atomic mass is 10.00. The molecule has 1 rings (SSSR count). The minimum Gasteiger partial charge on any atom is -0.287 e. The van der Waals surface area contributed by atoms with Crippen molar-refractivity contribution >= 4 is 5.78 Å². The van der Waals surface area contributed by atoms with Crippen molar-refractivity contribution in [3.63, 3.8) is 0 Å². The van der Waals surface area contributed by atoms with Gasteiger partial charge in [-0.25, -0.2) is 8.78 Å². The van der Waals surface area contributed by atoms with Crippen molar-refractivity contribution in [3.8, 4) is 0 Å². The van der Waals surface area contributed by atoms with Crippen LogP contribution in [-0.4, -0.2) is 23.8 Å². The molecule has 0 aliphatic carbocycles. The number of hydrogen-bond donors (Lipinski definition) is 0. The van der Waals surface area contributed by atoms with Crippen LogP contribution in [0.2, 0.25) is 0 Å². The SMILES string of the molecule is O=C(c1ccc(F)c(F)c1)C(F)(F)C(F)(F)C(F)(F)F. The highest BCUT2D eigenvalue weighted by Crippen LogP contribution is 2.47. The lowest BCUT2D eigenvalue weighted by Gasteiger charge is -2.26. The zero-order valence-electron chi connectivity index (χ0n) is 9.04. The van der Waals surface area contributed by atoms with Crippen molar-refractivity contribution in [1.82, 2.24) is 0 Å². The van der Waals surface area contributed by atoms with Gasteiger partial charge in [-0.3, -0.25) is 4.79 Å². The molecule has 1 nitrogen and oxygen atoms in total. The molecule has 0 unspecified atom stereocenters. The number of carbonyl (C=O) groups excluding carboxylic acids is 1. The first-order chi connectivity index (χ1) is 8.82. The fourth-order valence-corrected chi connectivity index (χ4v) is 1.14. The molecule has 0 spiro atoms. The third-order valence-corrected chi connectivity index (χ3v) is 2.22. The third-order valence-electron chi connectivity index (χ3n) is 2.22. The second-order valence-corrected chi connectivity index (χ2v) is 3.60. The third kappa shape index (κ3) is 2.46. The Balaban J connectivity index is 3.28. The van der Waals surface area contributed by atoms with Gasteiger partial charge in [-0.15, -0.1) is 0 Å². The van der Waals surface area contributed by atoms with E-state index in [2.05, 4.69) is 0 Å². The molecule has 0 amide bonds. The molecule has 0 bridgehead atoms. The predicted molar refractivity (Wildman–Crippen MR) is 46.6 cm³/mol. The molecule has 0 atom stereocenters. The van der Waals surface area contributed by atoms with E-state index in [1.807, 2.05) is 0 Å². The summed E-state index contributed by atoms with van der Waals surface area (Å²) in [6, 6.07) is 0.115. The lowest BCUT2D eigenvalue weighted by molar-refractivity contribution is -0.339.